The summed E-state index contributed by atoms with van der Waals surface area (Å²) in [5.74, 6) is 0.294. The van der Waals surface area contributed by atoms with Gasteiger partial charge in [0.15, 0.2) is 0 Å². The lowest BCUT2D eigenvalue weighted by Crippen LogP contribution is -2.34. The normalized spacial score (nSPS) is 17.4. The lowest BCUT2D eigenvalue weighted by atomic mass is 9.92. The Morgan fingerprint density at radius 1 is 1.30 bits per heavy atom. The molecule has 20 heavy (non-hydrogen) atoms. The van der Waals surface area contributed by atoms with Crippen LogP contribution in [0.15, 0.2) is 30.3 Å². The molecule has 1 aliphatic heterocycles. The molecule has 0 spiro atoms. The van der Waals surface area contributed by atoms with Crippen LogP contribution in [0.5, 0.6) is 0 Å². The van der Waals surface area contributed by atoms with Gasteiger partial charge in [0.1, 0.15) is 0 Å². The van der Waals surface area contributed by atoms with E-state index in [1.54, 1.807) is 0 Å². The molecule has 1 aliphatic rings. The van der Waals surface area contributed by atoms with Crippen LogP contribution in [0, 0.1) is 5.92 Å². The van der Waals surface area contributed by atoms with E-state index in [1.807, 2.05) is 30.3 Å². The second kappa shape index (κ2) is 7.87. The number of para-hydroxylation sites is 1. The van der Waals surface area contributed by atoms with Gasteiger partial charge >= 0.3 is 6.03 Å². The van der Waals surface area contributed by atoms with Crippen molar-refractivity contribution >= 4 is 11.7 Å². The fourth-order valence-corrected chi connectivity index (χ4v) is 2.37. The van der Waals surface area contributed by atoms with E-state index in [9.17, 15) is 9.90 Å². The summed E-state index contributed by atoms with van der Waals surface area (Å²) in [4.78, 5) is 11.6. The summed E-state index contributed by atoms with van der Waals surface area (Å²) < 4.78 is 5.27. The largest absolute Gasteiger partial charge is 0.393 e. The SMILES string of the molecule is O=C(NCC[C@H](O)C1CCOCC1)Nc1ccccc1. The van der Waals surface area contributed by atoms with Crippen LogP contribution in [0.1, 0.15) is 19.3 Å². The molecule has 1 aromatic rings. The first kappa shape index (κ1) is 14.8. The number of benzene rings is 1. The van der Waals surface area contributed by atoms with Gasteiger partial charge in [-0.3, -0.25) is 0 Å². The minimum Gasteiger partial charge on any atom is -0.393 e. The predicted octanol–water partition coefficient (Wildman–Crippen LogP) is 1.99. The van der Waals surface area contributed by atoms with Crippen LogP contribution in [-0.4, -0.2) is 37.0 Å². The van der Waals surface area contributed by atoms with Crippen LogP contribution in [0.2, 0.25) is 0 Å². The number of urea groups is 1. The quantitative estimate of drug-likeness (QED) is 0.771. The van der Waals surface area contributed by atoms with Gasteiger partial charge in [-0.15, -0.1) is 0 Å². The molecule has 1 aromatic carbocycles. The third kappa shape index (κ3) is 4.83. The van der Waals surface area contributed by atoms with Crippen molar-refractivity contribution in [2.24, 2.45) is 5.92 Å². The Balaban J connectivity index is 1.63. The molecular formula is C15H22N2O3. The maximum Gasteiger partial charge on any atom is 0.319 e. The van der Waals surface area contributed by atoms with Crippen molar-refractivity contribution in [2.75, 3.05) is 25.1 Å². The molecule has 2 rings (SSSR count). The monoisotopic (exact) mass is 278 g/mol. The fourth-order valence-electron chi connectivity index (χ4n) is 2.37. The molecule has 2 amide bonds. The molecule has 1 fully saturated rings. The number of rotatable bonds is 5. The predicted molar refractivity (Wildman–Crippen MR) is 77.6 cm³/mol. The van der Waals surface area contributed by atoms with Crippen LogP contribution < -0.4 is 10.6 Å². The Hall–Kier alpha value is -1.59. The number of aliphatic hydroxyl groups excluding tert-OH is 1. The summed E-state index contributed by atoms with van der Waals surface area (Å²) in [6.07, 6.45) is 2.01. The summed E-state index contributed by atoms with van der Waals surface area (Å²) in [5, 5.41) is 15.6. The second-order valence-electron chi connectivity index (χ2n) is 5.05. The van der Waals surface area contributed by atoms with Gasteiger partial charge in [0.05, 0.1) is 6.10 Å². The Labute approximate surface area is 119 Å². The number of carbonyl (C=O) groups is 1. The fraction of sp³-hybridized carbons (Fsp3) is 0.533. The van der Waals surface area contributed by atoms with Gasteiger partial charge in [0.25, 0.3) is 0 Å². The van der Waals surface area contributed by atoms with Crippen LogP contribution >= 0.6 is 0 Å². The van der Waals surface area contributed by atoms with Gasteiger partial charge in [-0.2, -0.15) is 0 Å². The highest BCUT2D eigenvalue weighted by Crippen LogP contribution is 2.20. The first-order chi connectivity index (χ1) is 9.75. The molecule has 0 saturated carbocycles. The average Bonchev–Trinajstić information content (AvgIpc) is 2.49. The lowest BCUT2D eigenvalue weighted by molar-refractivity contribution is 0.00549. The van der Waals surface area contributed by atoms with Crippen molar-refractivity contribution in [3.8, 4) is 0 Å². The van der Waals surface area contributed by atoms with Crippen LogP contribution in [-0.2, 0) is 4.74 Å². The second-order valence-corrected chi connectivity index (χ2v) is 5.05. The van der Waals surface area contributed by atoms with Crippen molar-refractivity contribution in [1.82, 2.24) is 5.32 Å². The van der Waals surface area contributed by atoms with Crippen molar-refractivity contribution in [3.63, 3.8) is 0 Å². The molecule has 0 bridgehead atoms. The Morgan fingerprint density at radius 3 is 2.70 bits per heavy atom. The van der Waals surface area contributed by atoms with Crippen LogP contribution in [0.3, 0.4) is 0 Å². The smallest absolute Gasteiger partial charge is 0.319 e. The van der Waals surface area contributed by atoms with Gasteiger partial charge in [-0.05, 0) is 37.3 Å². The van der Waals surface area contributed by atoms with Crippen molar-refractivity contribution in [1.29, 1.82) is 0 Å². The summed E-state index contributed by atoms with van der Waals surface area (Å²) in [5.41, 5.74) is 0.759. The van der Waals surface area contributed by atoms with Gasteiger partial charge < -0.3 is 20.5 Å². The number of carbonyl (C=O) groups excluding carboxylic acids is 1. The third-order valence-corrected chi connectivity index (χ3v) is 3.57. The number of anilines is 1. The van der Waals surface area contributed by atoms with Gasteiger partial charge in [0.2, 0.25) is 0 Å². The molecule has 110 valence electrons. The van der Waals surface area contributed by atoms with E-state index in [0.717, 1.165) is 31.7 Å². The van der Waals surface area contributed by atoms with E-state index < -0.39 is 0 Å². The highest BCUT2D eigenvalue weighted by Gasteiger charge is 2.21. The molecule has 3 N–H and O–H groups in total. The number of nitrogens with one attached hydrogen (secondary N) is 2. The average molecular weight is 278 g/mol. The highest BCUT2D eigenvalue weighted by atomic mass is 16.5. The summed E-state index contributed by atoms with van der Waals surface area (Å²) >= 11 is 0. The van der Waals surface area contributed by atoms with E-state index in [1.165, 1.54) is 0 Å². The number of amides is 2. The Bertz CT molecular complexity index is 405. The molecule has 0 radical (unpaired) electrons. The first-order valence-corrected chi connectivity index (χ1v) is 7.11. The summed E-state index contributed by atoms with van der Waals surface area (Å²) in [6.45, 7) is 1.92. The minimum atomic E-state index is -0.365. The van der Waals surface area contributed by atoms with Gasteiger partial charge in [-0.1, -0.05) is 18.2 Å². The molecule has 1 atom stereocenters. The van der Waals surface area contributed by atoms with E-state index in [-0.39, 0.29) is 12.1 Å². The molecular weight excluding hydrogens is 256 g/mol. The molecule has 5 heteroatoms. The molecule has 5 nitrogen and oxygen atoms in total. The third-order valence-electron chi connectivity index (χ3n) is 3.57. The molecule has 1 saturated heterocycles. The number of hydrogen-bond acceptors (Lipinski definition) is 3. The molecule has 0 aliphatic carbocycles. The van der Waals surface area contributed by atoms with Gasteiger partial charge in [0, 0.05) is 25.4 Å². The van der Waals surface area contributed by atoms with Crippen molar-refractivity contribution < 1.29 is 14.6 Å². The van der Waals surface area contributed by atoms with Crippen LogP contribution in [0.25, 0.3) is 0 Å². The zero-order chi connectivity index (χ0) is 14.2. The van der Waals surface area contributed by atoms with E-state index >= 15 is 0 Å². The van der Waals surface area contributed by atoms with E-state index in [2.05, 4.69) is 10.6 Å². The van der Waals surface area contributed by atoms with E-state index in [4.69, 9.17) is 4.74 Å². The topological polar surface area (TPSA) is 70.6 Å². The Kier molecular flexibility index (Phi) is 5.83. The zero-order valence-electron chi connectivity index (χ0n) is 11.5. The van der Waals surface area contributed by atoms with Gasteiger partial charge in [-0.25, -0.2) is 4.79 Å². The van der Waals surface area contributed by atoms with E-state index in [0.29, 0.717) is 18.9 Å². The summed E-state index contributed by atoms with van der Waals surface area (Å²) in [6, 6.07) is 9.05. The first-order valence-electron chi connectivity index (χ1n) is 7.11. The molecule has 0 unspecified atom stereocenters. The maximum absolute atomic E-state index is 11.6. The number of hydrogen-bond donors (Lipinski definition) is 3. The lowest BCUT2D eigenvalue weighted by Gasteiger charge is -2.26. The molecule has 0 aromatic heterocycles. The van der Waals surface area contributed by atoms with Crippen molar-refractivity contribution in [2.45, 2.75) is 25.4 Å². The standard InChI is InChI=1S/C15H22N2O3/c18-14(12-7-10-20-11-8-12)6-9-16-15(19)17-13-4-2-1-3-5-13/h1-5,12,14,18H,6-11H2,(H2,16,17,19)/t14-/m0/s1. The summed E-state index contributed by atoms with van der Waals surface area (Å²) in [7, 11) is 0. The maximum atomic E-state index is 11.6. The number of aliphatic hydroxyl groups is 1. The number of ether oxygens (including phenoxy) is 1. The van der Waals surface area contributed by atoms with Crippen LogP contribution in [0.4, 0.5) is 10.5 Å². The minimum absolute atomic E-state index is 0.240. The highest BCUT2D eigenvalue weighted by molar-refractivity contribution is 5.89. The molecule has 1 heterocycles. The van der Waals surface area contributed by atoms with Crippen molar-refractivity contribution in [3.05, 3.63) is 30.3 Å². The Morgan fingerprint density at radius 2 is 2.00 bits per heavy atom. The zero-order valence-corrected chi connectivity index (χ0v) is 11.5.